The fourth-order valence-corrected chi connectivity index (χ4v) is 2.38. The maximum atomic E-state index is 13.3. The molecule has 2 N–H and O–H groups in total. The van der Waals surface area contributed by atoms with Crippen LogP contribution in [0.2, 0.25) is 0 Å². The lowest BCUT2D eigenvalue weighted by molar-refractivity contribution is -0.137. The first-order valence-corrected chi connectivity index (χ1v) is 7.91. The first-order valence-electron chi connectivity index (χ1n) is 7.91. The monoisotopic (exact) mass is 369 g/mol. The average Bonchev–Trinajstić information content (AvgIpc) is 2.63. The molecule has 0 bridgehead atoms. The molecule has 1 aromatic heterocycles. The highest BCUT2D eigenvalue weighted by Gasteiger charge is 2.35. The van der Waals surface area contributed by atoms with Gasteiger partial charge in [0.05, 0.1) is 11.6 Å². The molecule has 27 heavy (non-hydrogen) atoms. The van der Waals surface area contributed by atoms with E-state index in [0.717, 1.165) is 11.8 Å². The van der Waals surface area contributed by atoms with Crippen LogP contribution in [0.5, 0.6) is 0 Å². The zero-order valence-electron chi connectivity index (χ0n) is 14.2. The summed E-state index contributed by atoms with van der Waals surface area (Å²) in [5.41, 5.74) is 1.23. The van der Waals surface area contributed by atoms with Crippen LogP contribution in [0.25, 0.3) is 0 Å². The minimum atomic E-state index is -4.63. The second-order valence-corrected chi connectivity index (χ2v) is 5.71. The molecule has 0 saturated heterocycles. The van der Waals surface area contributed by atoms with E-state index < -0.39 is 17.6 Å². The van der Waals surface area contributed by atoms with Crippen molar-refractivity contribution in [3.05, 3.63) is 71.4 Å². The Hall–Kier alpha value is -3.60. The first kappa shape index (κ1) is 18.2. The second kappa shape index (κ2) is 7.33. The van der Waals surface area contributed by atoms with Gasteiger partial charge in [-0.15, -0.1) is 0 Å². The summed E-state index contributed by atoms with van der Waals surface area (Å²) in [4.78, 5) is 7.77. The first-order chi connectivity index (χ1) is 12.9. The maximum Gasteiger partial charge on any atom is 0.421 e. The normalized spacial score (nSPS) is 10.9. The molecular weight excluding hydrogens is 355 g/mol. The van der Waals surface area contributed by atoms with Crippen LogP contribution >= 0.6 is 0 Å². The van der Waals surface area contributed by atoms with Crippen molar-refractivity contribution in [2.45, 2.75) is 13.1 Å². The highest BCUT2D eigenvalue weighted by Crippen LogP contribution is 2.35. The van der Waals surface area contributed by atoms with Crippen LogP contribution in [0.1, 0.15) is 16.7 Å². The van der Waals surface area contributed by atoms with Gasteiger partial charge in [0.15, 0.2) is 0 Å². The summed E-state index contributed by atoms with van der Waals surface area (Å²) in [6.45, 7) is 1.86. The van der Waals surface area contributed by atoms with Crippen molar-refractivity contribution < 1.29 is 13.2 Å². The molecule has 1 heterocycles. The number of hydrogen-bond donors (Lipinski definition) is 2. The molecule has 0 spiro atoms. The summed E-state index contributed by atoms with van der Waals surface area (Å²) in [6, 6.07) is 15.3. The maximum absolute atomic E-state index is 13.3. The molecule has 0 aliphatic carbocycles. The molecule has 0 saturated carbocycles. The quantitative estimate of drug-likeness (QED) is 0.664. The van der Waals surface area contributed by atoms with E-state index in [9.17, 15) is 13.2 Å². The number of halogens is 3. The molecular formula is C19H14F3N5. The predicted molar refractivity (Wildman–Crippen MR) is 95.9 cm³/mol. The van der Waals surface area contributed by atoms with Crippen molar-refractivity contribution in [1.29, 1.82) is 5.26 Å². The number of aromatic nitrogens is 2. The van der Waals surface area contributed by atoms with Gasteiger partial charge in [-0.05, 0) is 36.8 Å². The van der Waals surface area contributed by atoms with Crippen LogP contribution in [0.3, 0.4) is 0 Å². The number of aryl methyl sites for hydroxylation is 1. The Morgan fingerprint density at radius 1 is 1.04 bits per heavy atom. The molecule has 0 aliphatic heterocycles. The van der Waals surface area contributed by atoms with Gasteiger partial charge in [0.25, 0.3) is 0 Å². The van der Waals surface area contributed by atoms with Crippen molar-refractivity contribution in [2.24, 2.45) is 0 Å². The van der Waals surface area contributed by atoms with E-state index in [-0.39, 0.29) is 5.95 Å². The number of alkyl halides is 3. The molecule has 0 fully saturated rings. The van der Waals surface area contributed by atoms with Crippen molar-refractivity contribution >= 4 is 23.1 Å². The SMILES string of the molecule is Cc1ccccc1Nc1ncc(C(F)(F)F)c(Nc2cccc(C#N)c2)n1. The average molecular weight is 369 g/mol. The molecule has 0 amide bonds. The van der Waals surface area contributed by atoms with E-state index in [2.05, 4.69) is 20.6 Å². The number of para-hydroxylation sites is 1. The fraction of sp³-hybridized carbons (Fsp3) is 0.105. The van der Waals surface area contributed by atoms with Crippen molar-refractivity contribution in [1.82, 2.24) is 9.97 Å². The number of nitrogens with one attached hydrogen (secondary N) is 2. The van der Waals surface area contributed by atoms with Gasteiger partial charge in [-0.3, -0.25) is 0 Å². The van der Waals surface area contributed by atoms with E-state index in [1.165, 1.54) is 6.07 Å². The van der Waals surface area contributed by atoms with Crippen LogP contribution in [0, 0.1) is 18.3 Å². The Labute approximate surface area is 153 Å². The molecule has 3 aromatic rings. The van der Waals surface area contributed by atoms with Gasteiger partial charge in [0.1, 0.15) is 11.4 Å². The van der Waals surface area contributed by atoms with Crippen LogP contribution in [-0.2, 0) is 6.18 Å². The fourth-order valence-electron chi connectivity index (χ4n) is 2.38. The molecule has 0 aliphatic rings. The van der Waals surface area contributed by atoms with Gasteiger partial charge in [-0.25, -0.2) is 4.98 Å². The highest BCUT2D eigenvalue weighted by molar-refractivity contribution is 5.64. The minimum Gasteiger partial charge on any atom is -0.340 e. The lowest BCUT2D eigenvalue weighted by Gasteiger charge is -2.15. The Bertz CT molecular complexity index is 1010. The topological polar surface area (TPSA) is 73.6 Å². The third kappa shape index (κ3) is 4.33. The van der Waals surface area contributed by atoms with Crippen LogP contribution in [-0.4, -0.2) is 9.97 Å². The molecule has 0 unspecified atom stereocenters. The summed E-state index contributed by atoms with van der Waals surface area (Å²) in [5.74, 6) is -0.375. The molecule has 0 radical (unpaired) electrons. The lowest BCUT2D eigenvalue weighted by Crippen LogP contribution is -2.12. The van der Waals surface area contributed by atoms with E-state index >= 15 is 0 Å². The Balaban J connectivity index is 1.98. The number of anilines is 4. The number of nitrogens with zero attached hydrogens (tertiary/aromatic N) is 3. The summed E-state index contributed by atoms with van der Waals surface area (Å²) < 4.78 is 40.0. The van der Waals surface area contributed by atoms with E-state index in [4.69, 9.17) is 5.26 Å². The molecule has 5 nitrogen and oxygen atoms in total. The Morgan fingerprint density at radius 3 is 2.52 bits per heavy atom. The summed E-state index contributed by atoms with van der Waals surface area (Å²) >= 11 is 0. The minimum absolute atomic E-state index is 0.0243. The smallest absolute Gasteiger partial charge is 0.340 e. The predicted octanol–water partition coefficient (Wildman–Crippen LogP) is 5.16. The highest BCUT2D eigenvalue weighted by atomic mass is 19.4. The van der Waals surface area contributed by atoms with E-state index in [1.54, 1.807) is 30.3 Å². The summed E-state index contributed by atoms with van der Waals surface area (Å²) in [7, 11) is 0. The number of nitriles is 1. The van der Waals surface area contributed by atoms with Gasteiger partial charge in [-0.1, -0.05) is 24.3 Å². The van der Waals surface area contributed by atoms with Gasteiger partial charge >= 0.3 is 6.18 Å². The molecule has 136 valence electrons. The third-order valence-electron chi connectivity index (χ3n) is 3.74. The largest absolute Gasteiger partial charge is 0.421 e. The van der Waals surface area contributed by atoms with E-state index in [1.807, 2.05) is 25.1 Å². The molecule has 8 heteroatoms. The van der Waals surface area contributed by atoms with Gasteiger partial charge in [0, 0.05) is 17.6 Å². The lowest BCUT2D eigenvalue weighted by atomic mass is 10.2. The van der Waals surface area contributed by atoms with Gasteiger partial charge < -0.3 is 10.6 Å². The van der Waals surface area contributed by atoms with Crippen LogP contribution in [0.4, 0.5) is 36.3 Å². The Morgan fingerprint density at radius 2 is 1.81 bits per heavy atom. The molecule has 3 rings (SSSR count). The second-order valence-electron chi connectivity index (χ2n) is 5.71. The molecule has 0 atom stereocenters. The van der Waals surface area contributed by atoms with Crippen LogP contribution < -0.4 is 10.6 Å². The van der Waals surface area contributed by atoms with Gasteiger partial charge in [0.2, 0.25) is 5.95 Å². The van der Waals surface area contributed by atoms with Crippen molar-refractivity contribution in [3.8, 4) is 6.07 Å². The standard InChI is InChI=1S/C19H14F3N5/c1-12-5-2-3-8-16(12)26-18-24-11-15(19(20,21)22)17(27-18)25-14-7-4-6-13(9-14)10-23/h2-9,11H,1H3,(H2,24,25,26,27). The number of hydrogen-bond acceptors (Lipinski definition) is 5. The Kier molecular flexibility index (Phi) is 4.94. The number of rotatable bonds is 4. The summed E-state index contributed by atoms with van der Waals surface area (Å²) in [6.07, 6.45) is -3.90. The van der Waals surface area contributed by atoms with Crippen LogP contribution in [0.15, 0.2) is 54.7 Å². The van der Waals surface area contributed by atoms with E-state index in [0.29, 0.717) is 16.9 Å². The zero-order valence-corrected chi connectivity index (χ0v) is 14.2. The van der Waals surface area contributed by atoms with Crippen molar-refractivity contribution in [3.63, 3.8) is 0 Å². The number of benzene rings is 2. The third-order valence-corrected chi connectivity index (χ3v) is 3.74. The zero-order chi connectivity index (χ0) is 19.4. The summed E-state index contributed by atoms with van der Waals surface area (Å²) in [5, 5.41) is 14.5. The van der Waals surface area contributed by atoms with Gasteiger partial charge in [-0.2, -0.15) is 23.4 Å². The van der Waals surface area contributed by atoms with Crippen molar-refractivity contribution in [2.75, 3.05) is 10.6 Å². The molecule has 2 aromatic carbocycles.